The predicted octanol–water partition coefficient (Wildman–Crippen LogP) is 3.00. The Balaban J connectivity index is 2.11. The first kappa shape index (κ1) is 27.4. The largest absolute Gasteiger partial charge is 0.478 e. The molecule has 3 aromatic rings. The summed E-state index contributed by atoms with van der Waals surface area (Å²) in [4.78, 5) is 26.7. The molecule has 2 heterocycles. The third-order valence-electron chi connectivity index (χ3n) is 5.32. The third-order valence-corrected chi connectivity index (χ3v) is 6.93. The van der Waals surface area contributed by atoms with Crippen LogP contribution in [0.2, 0.25) is 5.02 Å². The molecule has 0 aliphatic rings. The van der Waals surface area contributed by atoms with Gasteiger partial charge in [-0.15, -0.1) is 0 Å². The highest BCUT2D eigenvalue weighted by atomic mass is 35.5. The fourth-order valence-corrected chi connectivity index (χ4v) is 4.98. The van der Waals surface area contributed by atoms with Gasteiger partial charge in [-0.05, 0) is 32.9 Å². The number of aryl methyl sites for hydroxylation is 3. The maximum Gasteiger partial charge on any atom is 0.352 e. The van der Waals surface area contributed by atoms with Gasteiger partial charge in [0, 0.05) is 38.1 Å². The minimum absolute atomic E-state index is 0.0172. The Labute approximate surface area is 213 Å². The highest BCUT2D eigenvalue weighted by Crippen LogP contribution is 2.34. The number of benzene rings is 1. The van der Waals surface area contributed by atoms with Crippen LogP contribution in [0.5, 0.6) is 11.8 Å². The van der Waals surface area contributed by atoms with Crippen molar-refractivity contribution in [3.8, 4) is 11.8 Å². The average molecular weight is 539 g/mol. The number of rotatable bonds is 10. The van der Waals surface area contributed by atoms with E-state index < -0.39 is 21.6 Å². The molecule has 0 radical (unpaired) electrons. The summed E-state index contributed by atoms with van der Waals surface area (Å²) in [6.07, 6.45) is 2.35. The van der Waals surface area contributed by atoms with Gasteiger partial charge in [-0.2, -0.15) is 10.2 Å². The molecule has 3 rings (SSSR count). The monoisotopic (exact) mass is 538 g/mol. The molecular formula is C23H27ClN4O7S. The van der Waals surface area contributed by atoms with Crippen molar-refractivity contribution in [3.63, 3.8) is 0 Å². The molecule has 194 valence electrons. The molecule has 0 aliphatic heterocycles. The van der Waals surface area contributed by atoms with Crippen LogP contribution < -0.4 is 9.47 Å². The van der Waals surface area contributed by atoms with E-state index in [4.69, 9.17) is 25.8 Å². The van der Waals surface area contributed by atoms with E-state index in [1.165, 1.54) is 34.8 Å². The van der Waals surface area contributed by atoms with E-state index >= 15 is 0 Å². The average Bonchev–Trinajstić information content (AvgIpc) is 3.33. The second-order valence-electron chi connectivity index (χ2n) is 7.83. The van der Waals surface area contributed by atoms with Gasteiger partial charge in [-0.1, -0.05) is 11.6 Å². The Bertz CT molecular complexity index is 1430. The van der Waals surface area contributed by atoms with Crippen molar-refractivity contribution in [2.45, 2.75) is 38.8 Å². The van der Waals surface area contributed by atoms with Crippen LogP contribution in [-0.4, -0.2) is 59.7 Å². The first-order chi connectivity index (χ1) is 17.0. The van der Waals surface area contributed by atoms with E-state index in [1.807, 2.05) is 0 Å². The number of ketones is 1. The van der Waals surface area contributed by atoms with Crippen molar-refractivity contribution in [1.82, 2.24) is 19.6 Å². The number of nitrogens with zero attached hydrogens (tertiary/aromatic N) is 4. The van der Waals surface area contributed by atoms with E-state index in [1.54, 1.807) is 27.8 Å². The molecule has 0 saturated carbocycles. The van der Waals surface area contributed by atoms with Gasteiger partial charge < -0.3 is 14.2 Å². The summed E-state index contributed by atoms with van der Waals surface area (Å²) < 4.78 is 43.5. The molecule has 11 nitrogen and oxygen atoms in total. The van der Waals surface area contributed by atoms with Gasteiger partial charge in [-0.25, -0.2) is 22.6 Å². The van der Waals surface area contributed by atoms with Crippen molar-refractivity contribution >= 4 is 33.2 Å². The molecule has 0 fully saturated rings. The number of ether oxygens (including phenoxy) is 3. The van der Waals surface area contributed by atoms with Gasteiger partial charge in [-0.3, -0.25) is 4.79 Å². The van der Waals surface area contributed by atoms with E-state index in [2.05, 4.69) is 10.2 Å². The molecule has 0 N–H and O–H groups in total. The Morgan fingerprint density at radius 3 is 2.42 bits per heavy atom. The normalized spacial score (nSPS) is 11.5. The molecule has 0 spiro atoms. The minimum Gasteiger partial charge on any atom is -0.478 e. The fraction of sp³-hybridized carbons (Fsp3) is 0.391. The second-order valence-corrected chi connectivity index (χ2v) is 10.2. The summed E-state index contributed by atoms with van der Waals surface area (Å²) in [6.45, 7) is 5.63. The Morgan fingerprint density at radius 2 is 1.83 bits per heavy atom. The number of hydrogen-bond acceptors (Lipinski definition) is 9. The van der Waals surface area contributed by atoms with Crippen LogP contribution in [0.25, 0.3) is 0 Å². The van der Waals surface area contributed by atoms with Gasteiger partial charge in [0.25, 0.3) is 0 Å². The summed E-state index contributed by atoms with van der Waals surface area (Å²) >= 11 is 6.52. The molecule has 36 heavy (non-hydrogen) atoms. The second kappa shape index (κ2) is 10.8. The van der Waals surface area contributed by atoms with Crippen molar-refractivity contribution in [2.24, 2.45) is 7.05 Å². The first-order valence-electron chi connectivity index (χ1n) is 11.0. The third kappa shape index (κ3) is 5.15. The Kier molecular flexibility index (Phi) is 8.22. The zero-order valence-corrected chi connectivity index (χ0v) is 22.4. The van der Waals surface area contributed by atoms with Crippen LogP contribution in [0.1, 0.15) is 51.4 Å². The van der Waals surface area contributed by atoms with Crippen LogP contribution in [0.4, 0.5) is 0 Å². The zero-order chi connectivity index (χ0) is 26.8. The molecule has 0 amide bonds. The number of carbonyl (C=O) groups excluding carboxylic acids is 2. The van der Waals surface area contributed by atoms with E-state index in [-0.39, 0.29) is 50.5 Å². The number of aromatic nitrogens is 4. The van der Waals surface area contributed by atoms with Gasteiger partial charge in [0.2, 0.25) is 17.5 Å². The lowest BCUT2D eigenvalue weighted by Gasteiger charge is -2.14. The summed E-state index contributed by atoms with van der Waals surface area (Å²) in [5, 5.41) is 8.30. The molecule has 0 unspecified atom stereocenters. The summed E-state index contributed by atoms with van der Waals surface area (Å²) in [5.74, 6) is -1.23. The molecular weight excluding hydrogens is 512 g/mol. The Hall–Kier alpha value is -3.22. The zero-order valence-electron chi connectivity index (χ0n) is 20.8. The minimum atomic E-state index is -3.64. The van der Waals surface area contributed by atoms with Crippen LogP contribution in [-0.2, 0) is 34.8 Å². The van der Waals surface area contributed by atoms with Gasteiger partial charge in [0.15, 0.2) is 9.84 Å². The lowest BCUT2D eigenvalue weighted by atomic mass is 10.0. The topological polar surface area (TPSA) is 132 Å². The van der Waals surface area contributed by atoms with Crippen molar-refractivity contribution in [3.05, 3.63) is 51.3 Å². The summed E-state index contributed by atoms with van der Waals surface area (Å²) in [6, 6.07) is 2.63. The number of hydrogen-bond donors (Lipinski definition) is 0. The molecule has 13 heteroatoms. The van der Waals surface area contributed by atoms with Crippen molar-refractivity contribution in [1.29, 1.82) is 0 Å². The number of sulfone groups is 1. The Morgan fingerprint density at radius 1 is 1.14 bits per heavy atom. The first-order valence-corrected chi connectivity index (χ1v) is 13.2. The molecule has 0 bridgehead atoms. The molecule has 1 aromatic carbocycles. The standard InChI is InChI=1S/C23H27ClN4O7S/c1-7-28-22(35-23(30)15-11-25-27(4)21(15)34-8-2)18(13(3)26-28)20(29)14-9-10-17(36(6,31)32)16(12-33-5)19(14)24/h9-11H,7-8,12H2,1-6H3. The lowest BCUT2D eigenvalue weighted by Crippen LogP contribution is -2.16. The number of methoxy groups -OCH3 is 1. The van der Waals surface area contributed by atoms with Gasteiger partial charge >= 0.3 is 5.97 Å². The summed E-state index contributed by atoms with van der Waals surface area (Å²) in [5.41, 5.74) is 0.575. The summed E-state index contributed by atoms with van der Waals surface area (Å²) in [7, 11) is -0.627. The number of halogens is 1. The molecule has 2 aromatic heterocycles. The predicted molar refractivity (Wildman–Crippen MR) is 131 cm³/mol. The lowest BCUT2D eigenvalue weighted by molar-refractivity contribution is 0.0711. The van der Waals surface area contributed by atoms with Crippen LogP contribution >= 0.6 is 11.6 Å². The van der Waals surface area contributed by atoms with Crippen LogP contribution in [0.3, 0.4) is 0 Å². The van der Waals surface area contributed by atoms with Crippen molar-refractivity contribution in [2.75, 3.05) is 20.0 Å². The molecule has 0 atom stereocenters. The number of carbonyl (C=O) groups is 2. The highest BCUT2D eigenvalue weighted by molar-refractivity contribution is 7.90. The van der Waals surface area contributed by atoms with E-state index in [0.717, 1.165) is 6.26 Å². The van der Waals surface area contributed by atoms with Crippen LogP contribution in [0, 0.1) is 6.92 Å². The molecule has 0 saturated heterocycles. The van der Waals surface area contributed by atoms with Gasteiger partial charge in [0.1, 0.15) is 11.1 Å². The SMILES string of the molecule is CCOc1c(C(=O)Oc2c(C(=O)c3ccc(S(C)(=O)=O)c(COC)c3Cl)c(C)nn2CC)cnn1C. The fourth-order valence-electron chi connectivity index (χ4n) is 3.70. The van der Waals surface area contributed by atoms with E-state index in [9.17, 15) is 18.0 Å². The van der Waals surface area contributed by atoms with E-state index in [0.29, 0.717) is 18.8 Å². The van der Waals surface area contributed by atoms with Crippen LogP contribution in [0.15, 0.2) is 23.2 Å². The number of esters is 1. The van der Waals surface area contributed by atoms with Crippen molar-refractivity contribution < 1.29 is 32.2 Å². The quantitative estimate of drug-likeness (QED) is 0.282. The van der Waals surface area contributed by atoms with Gasteiger partial charge in [0.05, 0.1) is 35.0 Å². The maximum absolute atomic E-state index is 13.7. The highest BCUT2D eigenvalue weighted by Gasteiger charge is 2.30. The smallest absolute Gasteiger partial charge is 0.352 e. The molecule has 0 aliphatic carbocycles. The maximum atomic E-state index is 13.7.